The molecule has 3 amide bonds. The molecule has 1 aliphatic carbocycles. The Kier molecular flexibility index (Phi) is 7.46. The number of hydrogen-bond acceptors (Lipinski definition) is 4. The van der Waals surface area contributed by atoms with Crippen molar-refractivity contribution in [2.75, 3.05) is 0 Å². The first-order chi connectivity index (χ1) is 17.9. The van der Waals surface area contributed by atoms with Crippen LogP contribution in [-0.4, -0.2) is 32.6 Å². The van der Waals surface area contributed by atoms with E-state index in [9.17, 15) is 18.8 Å². The molecule has 1 N–H and O–H groups in total. The smallest absolute Gasteiger partial charge is 0.293 e. The van der Waals surface area contributed by atoms with Gasteiger partial charge in [-0.15, -0.1) is 0 Å². The van der Waals surface area contributed by atoms with E-state index < -0.39 is 0 Å². The van der Waals surface area contributed by atoms with Gasteiger partial charge in [-0.25, -0.2) is 4.39 Å². The molecule has 5 rings (SSSR count). The van der Waals surface area contributed by atoms with Crippen molar-refractivity contribution >= 4 is 45.8 Å². The molecule has 0 atom stereocenters. The predicted octanol–water partition coefficient (Wildman–Crippen LogP) is 6.03. The fourth-order valence-electron chi connectivity index (χ4n) is 5.22. The normalized spacial score (nSPS) is 17.8. The van der Waals surface area contributed by atoms with Gasteiger partial charge in [-0.1, -0.05) is 56.5 Å². The van der Waals surface area contributed by atoms with Crippen LogP contribution >= 0.6 is 11.8 Å². The molecule has 6 nitrogen and oxygen atoms in total. The minimum Gasteiger partial charge on any atom is -0.352 e. The van der Waals surface area contributed by atoms with Crippen molar-refractivity contribution in [3.05, 3.63) is 76.1 Å². The van der Waals surface area contributed by atoms with Gasteiger partial charge in [-0.3, -0.25) is 19.3 Å². The van der Waals surface area contributed by atoms with Gasteiger partial charge < -0.3 is 9.88 Å². The fraction of sp³-hybridized carbons (Fsp3) is 0.345. The van der Waals surface area contributed by atoms with E-state index in [4.69, 9.17) is 0 Å². The van der Waals surface area contributed by atoms with Crippen molar-refractivity contribution in [3.8, 4) is 0 Å². The average molecular weight is 520 g/mol. The van der Waals surface area contributed by atoms with Gasteiger partial charge in [-0.05, 0) is 60.4 Å². The highest BCUT2D eigenvalue weighted by atomic mass is 32.2. The zero-order chi connectivity index (χ0) is 25.9. The molecule has 0 bridgehead atoms. The molecule has 0 spiro atoms. The Hall–Kier alpha value is -3.39. The Morgan fingerprint density at radius 1 is 1.11 bits per heavy atom. The van der Waals surface area contributed by atoms with Crippen LogP contribution in [0.5, 0.6) is 0 Å². The van der Waals surface area contributed by atoms with E-state index >= 15 is 0 Å². The number of nitrogens with one attached hydrogen (secondary N) is 1. The maximum atomic E-state index is 13.3. The van der Waals surface area contributed by atoms with Crippen LogP contribution in [0.2, 0.25) is 0 Å². The van der Waals surface area contributed by atoms with E-state index in [-0.39, 0.29) is 42.0 Å². The fourth-order valence-corrected chi connectivity index (χ4v) is 6.04. The average Bonchev–Trinajstić information content (AvgIpc) is 3.37. The Morgan fingerprint density at radius 3 is 2.59 bits per heavy atom. The number of fused-ring (bicyclic) bond motifs is 1. The number of halogens is 1. The number of para-hydroxylation sites is 1. The van der Waals surface area contributed by atoms with Crippen LogP contribution < -0.4 is 5.32 Å². The maximum Gasteiger partial charge on any atom is 0.293 e. The van der Waals surface area contributed by atoms with Gasteiger partial charge in [0.15, 0.2) is 0 Å². The second-order valence-electron chi connectivity index (χ2n) is 9.68. The van der Waals surface area contributed by atoms with Crippen LogP contribution in [0.3, 0.4) is 0 Å². The molecular weight excluding hydrogens is 489 g/mol. The largest absolute Gasteiger partial charge is 0.352 e. The summed E-state index contributed by atoms with van der Waals surface area (Å²) in [4.78, 5) is 40.2. The molecule has 2 heterocycles. The van der Waals surface area contributed by atoms with Gasteiger partial charge in [0.25, 0.3) is 11.1 Å². The molecule has 2 fully saturated rings. The van der Waals surface area contributed by atoms with Crippen molar-refractivity contribution in [1.29, 1.82) is 0 Å². The molecule has 2 aliphatic rings. The zero-order valence-electron chi connectivity index (χ0n) is 20.8. The molecule has 1 saturated heterocycles. The SMILES string of the molecule is CCc1cccc2c(/C=C3\SC(=O)N(Cc4ccc(F)cc4)C3=O)cn(CC(=O)NC3CCCCC3)c12. The van der Waals surface area contributed by atoms with Gasteiger partial charge >= 0.3 is 0 Å². The number of amides is 3. The maximum absolute atomic E-state index is 13.3. The summed E-state index contributed by atoms with van der Waals surface area (Å²) in [5.74, 6) is -0.754. The van der Waals surface area contributed by atoms with E-state index in [1.807, 2.05) is 22.9 Å². The lowest BCUT2D eigenvalue weighted by Gasteiger charge is -2.23. The van der Waals surface area contributed by atoms with Crippen LogP contribution in [0.15, 0.2) is 53.6 Å². The first kappa shape index (κ1) is 25.3. The lowest BCUT2D eigenvalue weighted by Crippen LogP contribution is -2.38. The first-order valence-electron chi connectivity index (χ1n) is 12.8. The third-order valence-corrected chi connectivity index (χ3v) is 8.00. The van der Waals surface area contributed by atoms with Gasteiger partial charge in [0.05, 0.1) is 17.0 Å². The minimum atomic E-state index is -0.373. The van der Waals surface area contributed by atoms with Crippen LogP contribution in [0.4, 0.5) is 9.18 Å². The molecule has 3 aromatic rings. The molecule has 0 unspecified atom stereocenters. The summed E-state index contributed by atoms with van der Waals surface area (Å²) in [7, 11) is 0. The summed E-state index contributed by atoms with van der Waals surface area (Å²) in [5, 5.41) is 3.77. The molecule has 1 aromatic heterocycles. The Bertz CT molecular complexity index is 1370. The predicted molar refractivity (Wildman–Crippen MR) is 144 cm³/mol. The quantitative estimate of drug-likeness (QED) is 0.387. The van der Waals surface area contributed by atoms with Gasteiger partial charge in [0.2, 0.25) is 5.91 Å². The highest BCUT2D eigenvalue weighted by Crippen LogP contribution is 2.35. The number of carbonyl (C=O) groups is 3. The van der Waals surface area contributed by atoms with Crippen molar-refractivity contribution in [3.63, 3.8) is 0 Å². The highest BCUT2D eigenvalue weighted by molar-refractivity contribution is 8.18. The molecular formula is C29H30FN3O3S. The van der Waals surface area contributed by atoms with Crippen molar-refractivity contribution in [2.24, 2.45) is 0 Å². The first-order valence-corrected chi connectivity index (χ1v) is 13.6. The van der Waals surface area contributed by atoms with Gasteiger partial charge in [-0.2, -0.15) is 0 Å². The third kappa shape index (κ3) is 5.49. The summed E-state index contributed by atoms with van der Waals surface area (Å²) in [6.07, 6.45) is 10.0. The number of rotatable bonds is 7. The summed E-state index contributed by atoms with van der Waals surface area (Å²) in [6.45, 7) is 2.37. The van der Waals surface area contributed by atoms with Gasteiger partial charge in [0, 0.05) is 23.2 Å². The molecule has 1 saturated carbocycles. The Morgan fingerprint density at radius 2 is 1.86 bits per heavy atom. The number of imide groups is 1. The summed E-state index contributed by atoms with van der Waals surface area (Å²) in [6, 6.07) is 12.0. The van der Waals surface area contributed by atoms with E-state index in [0.717, 1.165) is 65.9 Å². The minimum absolute atomic E-state index is 0.0131. The monoisotopic (exact) mass is 519 g/mol. The Balaban J connectivity index is 1.42. The second-order valence-corrected chi connectivity index (χ2v) is 10.7. The zero-order valence-corrected chi connectivity index (χ0v) is 21.7. The number of aryl methyl sites for hydroxylation is 1. The molecule has 8 heteroatoms. The standard InChI is InChI=1S/C29H30FN3O3S/c1-2-20-7-6-10-24-21(17-32(27(20)24)18-26(34)31-23-8-4-3-5-9-23)15-25-28(35)33(29(36)37-25)16-19-11-13-22(30)14-12-19/h6-7,10-15,17,23H,2-5,8-9,16,18H2,1H3,(H,31,34)/b25-15-. The number of aromatic nitrogens is 1. The molecule has 37 heavy (non-hydrogen) atoms. The lowest BCUT2D eigenvalue weighted by atomic mass is 9.95. The number of hydrogen-bond donors (Lipinski definition) is 1. The molecule has 2 aromatic carbocycles. The number of benzene rings is 2. The number of carbonyl (C=O) groups excluding carboxylic acids is 3. The highest BCUT2D eigenvalue weighted by Gasteiger charge is 2.35. The summed E-state index contributed by atoms with van der Waals surface area (Å²) >= 11 is 0.900. The Labute approximate surface area is 219 Å². The number of thioether (sulfide) groups is 1. The summed E-state index contributed by atoms with van der Waals surface area (Å²) in [5.41, 5.74) is 3.56. The van der Waals surface area contributed by atoms with E-state index in [1.165, 1.54) is 23.5 Å². The van der Waals surface area contributed by atoms with Crippen LogP contribution in [-0.2, 0) is 29.1 Å². The van der Waals surface area contributed by atoms with E-state index in [2.05, 4.69) is 18.3 Å². The number of nitrogens with zero attached hydrogens (tertiary/aromatic N) is 2. The van der Waals surface area contributed by atoms with Crippen LogP contribution in [0, 0.1) is 5.82 Å². The molecule has 0 radical (unpaired) electrons. The molecule has 192 valence electrons. The van der Waals surface area contributed by atoms with Crippen molar-refractivity contribution in [1.82, 2.24) is 14.8 Å². The molecule has 1 aliphatic heterocycles. The van der Waals surface area contributed by atoms with Crippen LogP contribution in [0.25, 0.3) is 17.0 Å². The summed E-state index contributed by atoms with van der Waals surface area (Å²) < 4.78 is 15.2. The van der Waals surface area contributed by atoms with Crippen molar-refractivity contribution < 1.29 is 18.8 Å². The van der Waals surface area contributed by atoms with Gasteiger partial charge in [0.1, 0.15) is 12.4 Å². The lowest BCUT2D eigenvalue weighted by molar-refractivity contribution is -0.123. The topological polar surface area (TPSA) is 71.4 Å². The van der Waals surface area contributed by atoms with E-state index in [1.54, 1.807) is 18.2 Å². The second kappa shape index (κ2) is 10.9. The third-order valence-electron chi connectivity index (χ3n) is 7.09. The van der Waals surface area contributed by atoms with Crippen LogP contribution in [0.1, 0.15) is 55.7 Å². The van der Waals surface area contributed by atoms with Crippen molar-refractivity contribution in [2.45, 2.75) is 64.6 Å². The van der Waals surface area contributed by atoms with E-state index in [0.29, 0.717) is 10.5 Å².